The van der Waals surface area contributed by atoms with Crippen LogP contribution in [0.15, 0.2) is 18.2 Å². The molecular formula is C6H7N3. The molecule has 0 heterocycles. The van der Waals surface area contributed by atoms with Crippen LogP contribution >= 0.6 is 0 Å². The van der Waals surface area contributed by atoms with Gasteiger partial charge in [0.2, 0.25) is 0 Å². The summed E-state index contributed by atoms with van der Waals surface area (Å²) in [5.74, 6) is 0. The molecule has 1 rings (SSSR count). The average Bonchev–Trinajstić information content (AvgIpc) is 1.59. The highest BCUT2D eigenvalue weighted by Crippen LogP contribution is 2.16. The van der Waals surface area contributed by atoms with Crippen molar-refractivity contribution in [1.82, 2.24) is 11.5 Å². The first-order chi connectivity index (χ1) is 4.18. The van der Waals surface area contributed by atoms with E-state index in [2.05, 4.69) is 0 Å². The zero-order valence-corrected chi connectivity index (χ0v) is 4.81. The minimum atomic E-state index is 0.292. The van der Waals surface area contributed by atoms with Gasteiger partial charge in [0.15, 0.2) is 0 Å². The molecule has 46 valence electrons. The van der Waals surface area contributed by atoms with Crippen LogP contribution in [0.3, 0.4) is 0 Å². The molecule has 0 aliphatic heterocycles. The van der Waals surface area contributed by atoms with Crippen LogP contribution in [0.25, 0.3) is 0 Å². The molecule has 0 bridgehead atoms. The Balaban J connectivity index is 3.17. The predicted octanol–water partition coefficient (Wildman–Crippen LogP) is 1.10. The third-order valence-electron chi connectivity index (χ3n) is 0.955. The molecule has 1 aromatic rings. The molecule has 9 heavy (non-hydrogen) atoms. The number of nitrogens with two attached hydrogens (primary N) is 1. The van der Waals surface area contributed by atoms with Crippen molar-refractivity contribution < 1.29 is 0 Å². The van der Waals surface area contributed by atoms with Crippen LogP contribution in [0, 0.1) is 0 Å². The molecule has 0 aliphatic rings. The highest BCUT2D eigenvalue weighted by Gasteiger charge is 1.90. The Morgan fingerprint density at radius 3 is 1.78 bits per heavy atom. The second-order valence-corrected chi connectivity index (χ2v) is 1.84. The van der Waals surface area contributed by atoms with E-state index >= 15 is 0 Å². The van der Waals surface area contributed by atoms with E-state index in [4.69, 9.17) is 17.2 Å². The number of anilines is 1. The number of hydrogen-bond donors (Lipinski definition) is 1. The van der Waals surface area contributed by atoms with Crippen molar-refractivity contribution in [1.29, 1.82) is 0 Å². The maximum absolute atomic E-state index is 7.08. The van der Waals surface area contributed by atoms with Crippen LogP contribution in [-0.4, -0.2) is 0 Å². The maximum atomic E-state index is 7.08. The molecular weight excluding hydrogens is 114 g/mol. The summed E-state index contributed by atoms with van der Waals surface area (Å²) in [6.07, 6.45) is 0. The molecule has 4 N–H and O–H groups in total. The molecule has 0 atom stereocenters. The van der Waals surface area contributed by atoms with Crippen molar-refractivity contribution >= 4 is 17.1 Å². The van der Waals surface area contributed by atoms with Crippen molar-refractivity contribution in [3.63, 3.8) is 0 Å². The van der Waals surface area contributed by atoms with Gasteiger partial charge in [0, 0.05) is 5.69 Å². The van der Waals surface area contributed by atoms with Crippen LogP contribution < -0.4 is 17.2 Å². The van der Waals surface area contributed by atoms with Gasteiger partial charge in [-0.1, -0.05) is 0 Å². The molecule has 0 spiro atoms. The molecule has 3 heteroatoms. The maximum Gasteiger partial charge on any atom is 0.0581 e. The summed E-state index contributed by atoms with van der Waals surface area (Å²) in [4.78, 5) is 0. The SMILES string of the molecule is [NH]c1cc([NH])cc(N)c1. The van der Waals surface area contributed by atoms with E-state index in [0.29, 0.717) is 17.1 Å². The lowest BCUT2D eigenvalue weighted by atomic mass is 10.2. The number of hydrogen-bond acceptors (Lipinski definition) is 1. The molecule has 0 fully saturated rings. The number of rotatable bonds is 0. The molecule has 0 saturated heterocycles. The molecule has 3 nitrogen and oxygen atoms in total. The van der Waals surface area contributed by atoms with E-state index in [1.54, 1.807) is 0 Å². The first kappa shape index (κ1) is 5.75. The van der Waals surface area contributed by atoms with Crippen molar-refractivity contribution in [3.05, 3.63) is 18.2 Å². The Labute approximate surface area is 53.5 Å². The van der Waals surface area contributed by atoms with Gasteiger partial charge in [-0.3, -0.25) is 0 Å². The second kappa shape index (κ2) is 1.85. The molecule has 0 aromatic heterocycles. The van der Waals surface area contributed by atoms with Gasteiger partial charge in [-0.05, 0) is 18.2 Å². The molecule has 1 aromatic carbocycles. The minimum absolute atomic E-state index is 0.292. The van der Waals surface area contributed by atoms with Crippen molar-refractivity contribution in [2.75, 3.05) is 5.73 Å². The fourth-order valence-corrected chi connectivity index (χ4v) is 0.652. The molecule has 2 radical (unpaired) electrons. The van der Waals surface area contributed by atoms with Crippen LogP contribution in [0.5, 0.6) is 0 Å². The number of nitrogens with one attached hydrogen (secondary N) is 2. The summed E-state index contributed by atoms with van der Waals surface area (Å²) in [6, 6.07) is 4.46. The monoisotopic (exact) mass is 121 g/mol. The molecule has 0 amide bonds. The molecule has 0 aliphatic carbocycles. The standard InChI is InChI=1S/C6H7N3/c7-4-1-5(8)3-6(9)2-4/h1-3,7-8H,9H2. The van der Waals surface area contributed by atoms with Gasteiger partial charge in [-0.2, -0.15) is 0 Å². The fraction of sp³-hybridized carbons (Fsp3) is 0. The highest BCUT2D eigenvalue weighted by molar-refractivity contribution is 5.58. The molecule has 0 saturated carbocycles. The zero-order chi connectivity index (χ0) is 6.85. The second-order valence-electron chi connectivity index (χ2n) is 1.84. The number of benzene rings is 1. The first-order valence-corrected chi connectivity index (χ1v) is 2.52. The largest absolute Gasteiger partial charge is 0.399 e. The Hall–Kier alpha value is -1.38. The smallest absolute Gasteiger partial charge is 0.0581 e. The van der Waals surface area contributed by atoms with Gasteiger partial charge < -0.3 is 17.2 Å². The summed E-state index contributed by atoms with van der Waals surface area (Å²) in [5.41, 5.74) is 20.5. The van der Waals surface area contributed by atoms with E-state index in [9.17, 15) is 0 Å². The van der Waals surface area contributed by atoms with Gasteiger partial charge >= 0.3 is 0 Å². The van der Waals surface area contributed by atoms with E-state index in [1.807, 2.05) is 0 Å². The van der Waals surface area contributed by atoms with Crippen molar-refractivity contribution in [2.24, 2.45) is 0 Å². The summed E-state index contributed by atoms with van der Waals surface area (Å²) < 4.78 is 0. The van der Waals surface area contributed by atoms with E-state index in [1.165, 1.54) is 18.2 Å². The first-order valence-electron chi connectivity index (χ1n) is 2.52. The minimum Gasteiger partial charge on any atom is -0.399 e. The van der Waals surface area contributed by atoms with Crippen LogP contribution in [0.4, 0.5) is 17.1 Å². The van der Waals surface area contributed by atoms with Crippen LogP contribution in [0.1, 0.15) is 0 Å². The normalized spacial score (nSPS) is 9.33. The Morgan fingerprint density at radius 1 is 1.00 bits per heavy atom. The van der Waals surface area contributed by atoms with Gasteiger partial charge in [0.05, 0.1) is 11.4 Å². The lowest BCUT2D eigenvalue weighted by Gasteiger charge is -1.95. The Morgan fingerprint density at radius 2 is 1.44 bits per heavy atom. The summed E-state index contributed by atoms with van der Waals surface area (Å²) in [5, 5.41) is 0. The van der Waals surface area contributed by atoms with E-state index in [-0.39, 0.29) is 0 Å². The summed E-state index contributed by atoms with van der Waals surface area (Å²) in [6.45, 7) is 0. The van der Waals surface area contributed by atoms with E-state index in [0.717, 1.165) is 0 Å². The number of nitrogen functional groups attached to an aromatic ring is 1. The zero-order valence-electron chi connectivity index (χ0n) is 4.81. The van der Waals surface area contributed by atoms with Gasteiger partial charge in [0.25, 0.3) is 0 Å². The van der Waals surface area contributed by atoms with Crippen LogP contribution in [-0.2, 0) is 0 Å². The van der Waals surface area contributed by atoms with Gasteiger partial charge in [-0.25, -0.2) is 0 Å². The van der Waals surface area contributed by atoms with Crippen molar-refractivity contribution in [3.8, 4) is 0 Å². The predicted molar refractivity (Wildman–Crippen MR) is 36.4 cm³/mol. The average molecular weight is 121 g/mol. The molecule has 0 unspecified atom stereocenters. The van der Waals surface area contributed by atoms with Crippen LogP contribution in [0.2, 0.25) is 0 Å². The summed E-state index contributed by atoms with van der Waals surface area (Å²) in [7, 11) is 0. The Bertz CT molecular complexity index is 169. The van der Waals surface area contributed by atoms with Crippen molar-refractivity contribution in [2.45, 2.75) is 0 Å². The van der Waals surface area contributed by atoms with Gasteiger partial charge in [0.1, 0.15) is 0 Å². The van der Waals surface area contributed by atoms with E-state index < -0.39 is 0 Å². The summed E-state index contributed by atoms with van der Waals surface area (Å²) >= 11 is 0. The topological polar surface area (TPSA) is 73.6 Å². The Kier molecular flexibility index (Phi) is 1.18. The fourth-order valence-electron chi connectivity index (χ4n) is 0.652. The lowest BCUT2D eigenvalue weighted by Crippen LogP contribution is -1.84. The lowest BCUT2D eigenvalue weighted by molar-refractivity contribution is 1.43. The third kappa shape index (κ3) is 1.25. The highest BCUT2D eigenvalue weighted by atomic mass is 14.6. The quantitative estimate of drug-likeness (QED) is 0.513. The third-order valence-corrected chi connectivity index (χ3v) is 0.955. The van der Waals surface area contributed by atoms with Gasteiger partial charge in [-0.15, -0.1) is 0 Å².